The highest BCUT2D eigenvalue weighted by Gasteiger charge is 2.18. The molecule has 0 rings (SSSR count). The molecule has 5 nitrogen and oxygen atoms in total. The summed E-state index contributed by atoms with van der Waals surface area (Å²) in [5.41, 5.74) is -0.260. The number of carbonyl (C=O) groups is 1. The fourth-order valence-corrected chi connectivity index (χ4v) is 2.08. The Morgan fingerprint density at radius 3 is 2.36 bits per heavy atom. The SMILES string of the molecule is CCC(=O)CCOCC(C)(C)OCCC(C)C.CCN(C)CCSN. The van der Waals surface area contributed by atoms with Crippen LogP contribution in [0.15, 0.2) is 0 Å². The zero-order valence-electron chi connectivity index (χ0n) is 17.6. The number of hydrogen-bond acceptors (Lipinski definition) is 6. The molecule has 2 N–H and O–H groups in total. The summed E-state index contributed by atoms with van der Waals surface area (Å²) in [7, 11) is 2.09. The quantitative estimate of drug-likeness (QED) is 0.367. The van der Waals surface area contributed by atoms with Gasteiger partial charge in [-0.3, -0.25) is 9.93 Å². The monoisotopic (exact) mass is 378 g/mol. The molecule has 0 aliphatic heterocycles. The van der Waals surface area contributed by atoms with Crippen LogP contribution in [0.4, 0.5) is 0 Å². The molecule has 6 heteroatoms. The summed E-state index contributed by atoms with van der Waals surface area (Å²) in [5.74, 6) is 1.95. The van der Waals surface area contributed by atoms with Gasteiger partial charge in [-0.1, -0.05) is 39.6 Å². The Labute approximate surface area is 160 Å². The van der Waals surface area contributed by atoms with Crippen molar-refractivity contribution in [3.63, 3.8) is 0 Å². The number of nitrogens with zero attached hydrogens (tertiary/aromatic N) is 1. The van der Waals surface area contributed by atoms with Crippen molar-refractivity contribution in [1.82, 2.24) is 4.90 Å². The molecule has 0 aromatic carbocycles. The molecule has 0 saturated carbocycles. The molecule has 0 aromatic rings. The van der Waals surface area contributed by atoms with E-state index in [9.17, 15) is 4.79 Å². The van der Waals surface area contributed by atoms with Crippen molar-refractivity contribution >= 4 is 17.7 Å². The lowest BCUT2D eigenvalue weighted by atomic mass is 10.1. The maximum absolute atomic E-state index is 11.1. The highest BCUT2D eigenvalue weighted by Crippen LogP contribution is 2.12. The summed E-state index contributed by atoms with van der Waals surface area (Å²) in [6.07, 6.45) is 2.17. The van der Waals surface area contributed by atoms with E-state index in [1.807, 2.05) is 20.8 Å². The number of carbonyl (C=O) groups excluding carboxylic acids is 1. The molecule has 0 spiro atoms. The van der Waals surface area contributed by atoms with Crippen LogP contribution >= 0.6 is 11.9 Å². The Kier molecular flexibility index (Phi) is 18.7. The van der Waals surface area contributed by atoms with Crippen LogP contribution in [-0.4, -0.2) is 62.0 Å². The molecule has 0 aromatic heterocycles. The zero-order chi connectivity index (χ0) is 19.7. The Bertz CT molecular complexity index is 313. The number of hydrogen-bond donors (Lipinski definition) is 1. The average molecular weight is 379 g/mol. The van der Waals surface area contributed by atoms with Gasteiger partial charge in [-0.05, 0) is 39.8 Å². The van der Waals surface area contributed by atoms with Crippen molar-refractivity contribution in [3.8, 4) is 0 Å². The van der Waals surface area contributed by atoms with Crippen LogP contribution in [0.2, 0.25) is 0 Å². The molecule has 0 fully saturated rings. The van der Waals surface area contributed by atoms with E-state index >= 15 is 0 Å². The number of rotatable bonds is 14. The fourth-order valence-electron chi connectivity index (χ4n) is 1.66. The van der Waals surface area contributed by atoms with Gasteiger partial charge in [0.1, 0.15) is 5.78 Å². The van der Waals surface area contributed by atoms with E-state index in [-0.39, 0.29) is 11.4 Å². The second-order valence-electron chi connectivity index (χ2n) is 7.25. The first-order valence-corrected chi connectivity index (χ1v) is 10.5. The number of ketones is 1. The summed E-state index contributed by atoms with van der Waals surface area (Å²) in [6.45, 7) is 16.4. The van der Waals surface area contributed by atoms with Crippen molar-refractivity contribution in [3.05, 3.63) is 0 Å². The summed E-state index contributed by atoms with van der Waals surface area (Å²) in [4.78, 5) is 13.3. The Balaban J connectivity index is 0. The Hall–Kier alpha value is -0.140. The van der Waals surface area contributed by atoms with Gasteiger partial charge in [0.25, 0.3) is 0 Å². The lowest BCUT2D eigenvalue weighted by Gasteiger charge is -2.25. The molecule has 0 aliphatic rings. The van der Waals surface area contributed by atoms with Gasteiger partial charge in [0.15, 0.2) is 0 Å². The van der Waals surface area contributed by atoms with Crippen molar-refractivity contribution in [2.75, 3.05) is 45.7 Å². The molecule has 152 valence electrons. The van der Waals surface area contributed by atoms with Crippen LogP contribution in [0, 0.1) is 5.92 Å². The van der Waals surface area contributed by atoms with Crippen LogP contribution in [0.25, 0.3) is 0 Å². The van der Waals surface area contributed by atoms with Gasteiger partial charge in [-0.2, -0.15) is 0 Å². The predicted molar refractivity (Wildman–Crippen MR) is 110 cm³/mol. The standard InChI is InChI=1S/C14H28O3.C5H14N2S/c1-6-13(15)8-9-16-11-14(4,5)17-10-7-12(2)3;1-3-7(2)4-5-8-6/h12H,6-11H2,1-5H3;3-6H2,1-2H3. The molecule has 0 unspecified atom stereocenters. The van der Waals surface area contributed by atoms with Crippen molar-refractivity contribution in [1.29, 1.82) is 0 Å². The van der Waals surface area contributed by atoms with Gasteiger partial charge in [0, 0.05) is 31.7 Å². The normalized spacial score (nSPS) is 11.6. The molecule has 0 radical (unpaired) electrons. The van der Waals surface area contributed by atoms with Gasteiger partial charge in [-0.15, -0.1) is 0 Å². The van der Waals surface area contributed by atoms with E-state index in [2.05, 4.69) is 32.7 Å². The number of Topliss-reactive ketones (excluding diaryl/α,β-unsaturated/α-hetero) is 1. The summed E-state index contributed by atoms with van der Waals surface area (Å²) < 4.78 is 11.2. The molecular formula is C19H42N2O3S. The van der Waals surface area contributed by atoms with E-state index < -0.39 is 0 Å². The van der Waals surface area contributed by atoms with Crippen molar-refractivity contribution < 1.29 is 14.3 Å². The molecule has 0 aliphatic carbocycles. The lowest BCUT2D eigenvalue weighted by Crippen LogP contribution is -2.31. The molecule has 0 heterocycles. The maximum atomic E-state index is 11.1. The second kappa shape index (κ2) is 17.3. The Morgan fingerprint density at radius 2 is 1.88 bits per heavy atom. The van der Waals surface area contributed by atoms with Gasteiger partial charge >= 0.3 is 0 Å². The minimum Gasteiger partial charge on any atom is -0.378 e. The average Bonchev–Trinajstić information content (AvgIpc) is 2.56. The van der Waals surface area contributed by atoms with Crippen LogP contribution < -0.4 is 5.14 Å². The van der Waals surface area contributed by atoms with Crippen LogP contribution in [0.1, 0.15) is 60.8 Å². The van der Waals surface area contributed by atoms with E-state index in [1.54, 1.807) is 0 Å². The van der Waals surface area contributed by atoms with Crippen molar-refractivity contribution in [2.24, 2.45) is 11.1 Å². The molecule has 0 amide bonds. The fraction of sp³-hybridized carbons (Fsp3) is 0.947. The van der Waals surface area contributed by atoms with Crippen molar-refractivity contribution in [2.45, 2.75) is 66.4 Å². The first-order valence-electron chi connectivity index (χ1n) is 9.42. The summed E-state index contributed by atoms with van der Waals surface area (Å²) >= 11 is 1.40. The molecule has 0 bridgehead atoms. The third kappa shape index (κ3) is 21.8. The minimum atomic E-state index is -0.260. The molecule has 25 heavy (non-hydrogen) atoms. The van der Waals surface area contributed by atoms with Crippen LogP contribution in [0.5, 0.6) is 0 Å². The van der Waals surface area contributed by atoms with E-state index in [4.69, 9.17) is 14.6 Å². The van der Waals surface area contributed by atoms with Crippen LogP contribution in [-0.2, 0) is 14.3 Å². The highest BCUT2D eigenvalue weighted by molar-refractivity contribution is 7.97. The minimum absolute atomic E-state index is 0.253. The molecule has 0 saturated heterocycles. The second-order valence-corrected chi connectivity index (χ2v) is 7.99. The van der Waals surface area contributed by atoms with Gasteiger partial charge in [-0.25, -0.2) is 0 Å². The molecule has 0 atom stereocenters. The third-order valence-corrected chi connectivity index (χ3v) is 4.11. The zero-order valence-corrected chi connectivity index (χ0v) is 18.4. The summed E-state index contributed by atoms with van der Waals surface area (Å²) in [5, 5.41) is 5.22. The first kappa shape index (κ1) is 27.1. The maximum Gasteiger partial charge on any atom is 0.134 e. The van der Waals surface area contributed by atoms with Crippen LogP contribution in [0.3, 0.4) is 0 Å². The van der Waals surface area contributed by atoms with E-state index in [0.717, 1.165) is 31.9 Å². The topological polar surface area (TPSA) is 64.8 Å². The van der Waals surface area contributed by atoms with Gasteiger partial charge < -0.3 is 14.4 Å². The highest BCUT2D eigenvalue weighted by atomic mass is 32.2. The third-order valence-electron chi connectivity index (χ3n) is 3.69. The first-order chi connectivity index (χ1) is 11.7. The van der Waals surface area contributed by atoms with E-state index in [0.29, 0.717) is 32.0 Å². The number of nitrogens with two attached hydrogens (primary N) is 1. The predicted octanol–water partition coefficient (Wildman–Crippen LogP) is 3.76. The number of ether oxygens (including phenoxy) is 2. The van der Waals surface area contributed by atoms with Gasteiger partial charge in [0.2, 0.25) is 0 Å². The lowest BCUT2D eigenvalue weighted by molar-refractivity contribution is -0.121. The van der Waals surface area contributed by atoms with Gasteiger partial charge in [0.05, 0.1) is 18.8 Å². The Morgan fingerprint density at radius 1 is 1.24 bits per heavy atom. The largest absolute Gasteiger partial charge is 0.378 e. The summed E-state index contributed by atoms with van der Waals surface area (Å²) in [6, 6.07) is 0. The van der Waals surface area contributed by atoms with E-state index in [1.165, 1.54) is 11.9 Å². The molecular weight excluding hydrogens is 336 g/mol. The smallest absolute Gasteiger partial charge is 0.134 e.